The summed E-state index contributed by atoms with van der Waals surface area (Å²) >= 11 is 6.20. The molecule has 0 spiro atoms. The molecule has 1 N–H and O–H groups in total. The van der Waals surface area contributed by atoms with E-state index in [-0.39, 0.29) is 11.8 Å². The van der Waals surface area contributed by atoms with Gasteiger partial charge in [0.05, 0.1) is 5.92 Å². The number of likely N-dealkylation sites (tertiary alicyclic amines) is 1. The normalized spacial score (nSPS) is 24.4. The Bertz CT molecular complexity index is 461. The zero-order valence-electron chi connectivity index (χ0n) is 10.7. The average molecular weight is 268 g/mol. The van der Waals surface area contributed by atoms with Crippen molar-refractivity contribution < 1.29 is 9.90 Å². The Kier molecular flexibility index (Phi) is 3.93. The lowest BCUT2D eigenvalue weighted by atomic mass is 9.99. The second kappa shape index (κ2) is 5.29. The molecule has 98 valence electrons. The molecular weight excluding hydrogens is 250 g/mol. The minimum Gasteiger partial charge on any atom is -0.481 e. The van der Waals surface area contributed by atoms with Crippen LogP contribution in [-0.2, 0) is 11.3 Å². The minimum absolute atomic E-state index is 0.201. The van der Waals surface area contributed by atoms with E-state index in [1.807, 2.05) is 32.0 Å². The average Bonchev–Trinajstić information content (AvgIpc) is 2.64. The first-order valence-electron chi connectivity index (χ1n) is 6.17. The maximum atomic E-state index is 11.1. The highest BCUT2D eigenvalue weighted by molar-refractivity contribution is 6.31. The highest BCUT2D eigenvalue weighted by Crippen LogP contribution is 2.26. The van der Waals surface area contributed by atoms with Crippen molar-refractivity contribution >= 4 is 17.6 Å². The fraction of sp³-hybridized carbons (Fsp3) is 0.500. The van der Waals surface area contributed by atoms with E-state index in [1.54, 1.807) is 0 Å². The van der Waals surface area contributed by atoms with Gasteiger partial charge in [-0.15, -0.1) is 0 Å². The van der Waals surface area contributed by atoms with Crippen molar-refractivity contribution in [2.24, 2.45) is 11.8 Å². The summed E-state index contributed by atoms with van der Waals surface area (Å²) in [5.74, 6) is -0.749. The molecule has 1 aromatic carbocycles. The summed E-state index contributed by atoms with van der Waals surface area (Å²) in [5.41, 5.74) is 2.21. The Morgan fingerprint density at radius 2 is 2.22 bits per heavy atom. The second-order valence-electron chi connectivity index (χ2n) is 5.21. The van der Waals surface area contributed by atoms with Crippen LogP contribution in [0.25, 0.3) is 0 Å². The van der Waals surface area contributed by atoms with Crippen LogP contribution in [0.3, 0.4) is 0 Å². The molecule has 0 bridgehead atoms. The van der Waals surface area contributed by atoms with Gasteiger partial charge >= 0.3 is 5.97 Å². The number of aliphatic carboxylic acids is 1. The minimum atomic E-state index is -0.694. The summed E-state index contributed by atoms with van der Waals surface area (Å²) in [4.78, 5) is 13.2. The van der Waals surface area contributed by atoms with Crippen LogP contribution >= 0.6 is 11.6 Å². The Balaban J connectivity index is 2.05. The number of carboxylic acids is 1. The van der Waals surface area contributed by atoms with E-state index in [0.29, 0.717) is 6.54 Å². The molecule has 0 saturated carbocycles. The van der Waals surface area contributed by atoms with Gasteiger partial charge in [-0.1, -0.05) is 30.7 Å². The van der Waals surface area contributed by atoms with Gasteiger partial charge in [0.1, 0.15) is 0 Å². The molecule has 0 radical (unpaired) electrons. The van der Waals surface area contributed by atoms with Crippen molar-refractivity contribution in [3.8, 4) is 0 Å². The fourth-order valence-electron chi connectivity index (χ4n) is 2.54. The molecule has 3 nitrogen and oxygen atoms in total. The number of hydrogen-bond acceptors (Lipinski definition) is 2. The summed E-state index contributed by atoms with van der Waals surface area (Å²) in [7, 11) is 0. The molecule has 0 aromatic heterocycles. The topological polar surface area (TPSA) is 40.5 Å². The number of aryl methyl sites for hydroxylation is 1. The van der Waals surface area contributed by atoms with Gasteiger partial charge in [-0.25, -0.2) is 0 Å². The number of rotatable bonds is 3. The van der Waals surface area contributed by atoms with Crippen LogP contribution in [0.2, 0.25) is 5.02 Å². The highest BCUT2D eigenvalue weighted by Gasteiger charge is 2.34. The van der Waals surface area contributed by atoms with Crippen molar-refractivity contribution in [1.29, 1.82) is 0 Å². The van der Waals surface area contributed by atoms with E-state index < -0.39 is 5.97 Å². The lowest BCUT2D eigenvalue weighted by Gasteiger charge is -2.16. The van der Waals surface area contributed by atoms with Gasteiger partial charge in [-0.2, -0.15) is 0 Å². The number of hydrogen-bond donors (Lipinski definition) is 1. The monoisotopic (exact) mass is 267 g/mol. The van der Waals surface area contributed by atoms with Gasteiger partial charge < -0.3 is 5.11 Å². The van der Waals surface area contributed by atoms with Crippen LogP contribution in [-0.4, -0.2) is 29.1 Å². The predicted molar refractivity (Wildman–Crippen MR) is 71.8 cm³/mol. The third kappa shape index (κ3) is 2.85. The summed E-state index contributed by atoms with van der Waals surface area (Å²) < 4.78 is 0. The summed E-state index contributed by atoms with van der Waals surface area (Å²) in [6.45, 7) is 6.17. The number of nitrogens with zero attached hydrogens (tertiary/aromatic N) is 1. The lowest BCUT2D eigenvalue weighted by molar-refractivity contribution is -0.142. The predicted octanol–water partition coefficient (Wildman–Crippen LogP) is 2.80. The van der Waals surface area contributed by atoms with Gasteiger partial charge in [-0.3, -0.25) is 9.69 Å². The van der Waals surface area contributed by atoms with Gasteiger partial charge in [0.15, 0.2) is 0 Å². The van der Waals surface area contributed by atoms with Gasteiger partial charge in [-0.05, 0) is 30.0 Å². The highest BCUT2D eigenvalue weighted by atomic mass is 35.5. The van der Waals surface area contributed by atoms with E-state index in [1.165, 1.54) is 0 Å². The number of halogens is 1. The lowest BCUT2D eigenvalue weighted by Crippen LogP contribution is -2.23. The van der Waals surface area contributed by atoms with E-state index in [2.05, 4.69) is 4.90 Å². The van der Waals surface area contributed by atoms with Gasteiger partial charge in [0, 0.05) is 24.7 Å². The van der Waals surface area contributed by atoms with Crippen LogP contribution in [0.5, 0.6) is 0 Å². The Hall–Kier alpha value is -1.06. The molecule has 0 amide bonds. The standard InChI is InChI=1S/C14H18ClNO2/c1-9-3-4-11(13(15)5-9)7-16-6-10(2)12(8-16)14(17)18/h3-5,10,12H,6-8H2,1-2H3,(H,17,18)/t10-,12-/m1/s1. The van der Waals surface area contributed by atoms with Crippen LogP contribution in [0.1, 0.15) is 18.1 Å². The molecule has 1 saturated heterocycles. The van der Waals surface area contributed by atoms with Crippen molar-refractivity contribution in [1.82, 2.24) is 4.90 Å². The molecule has 4 heteroatoms. The molecular formula is C14H18ClNO2. The maximum Gasteiger partial charge on any atom is 0.308 e. The largest absolute Gasteiger partial charge is 0.481 e. The Morgan fingerprint density at radius 1 is 1.50 bits per heavy atom. The van der Waals surface area contributed by atoms with Crippen molar-refractivity contribution in [3.63, 3.8) is 0 Å². The first kappa shape index (κ1) is 13.4. The first-order valence-corrected chi connectivity index (χ1v) is 6.55. The summed E-state index contributed by atoms with van der Waals surface area (Å²) in [6, 6.07) is 6.01. The summed E-state index contributed by atoms with van der Waals surface area (Å²) in [6.07, 6.45) is 0. The number of benzene rings is 1. The molecule has 0 aliphatic carbocycles. The van der Waals surface area contributed by atoms with E-state index in [4.69, 9.17) is 16.7 Å². The molecule has 18 heavy (non-hydrogen) atoms. The van der Waals surface area contributed by atoms with E-state index >= 15 is 0 Å². The molecule has 2 rings (SSSR count). The SMILES string of the molecule is Cc1ccc(CN2C[C@@H](C)[C@H](C(=O)O)C2)c(Cl)c1. The molecule has 0 unspecified atom stereocenters. The van der Waals surface area contributed by atoms with Crippen LogP contribution in [0.4, 0.5) is 0 Å². The molecule has 1 fully saturated rings. The fourth-order valence-corrected chi connectivity index (χ4v) is 2.83. The maximum absolute atomic E-state index is 11.1. The smallest absolute Gasteiger partial charge is 0.308 e. The van der Waals surface area contributed by atoms with Gasteiger partial charge in [0.25, 0.3) is 0 Å². The van der Waals surface area contributed by atoms with Crippen LogP contribution in [0, 0.1) is 18.8 Å². The quantitative estimate of drug-likeness (QED) is 0.916. The van der Waals surface area contributed by atoms with Gasteiger partial charge in [0.2, 0.25) is 0 Å². The molecule has 1 aliphatic heterocycles. The zero-order chi connectivity index (χ0) is 13.3. The van der Waals surface area contributed by atoms with Crippen molar-refractivity contribution in [2.45, 2.75) is 20.4 Å². The molecule has 1 aromatic rings. The van der Waals surface area contributed by atoms with Crippen molar-refractivity contribution in [2.75, 3.05) is 13.1 Å². The van der Waals surface area contributed by atoms with Crippen LogP contribution in [0.15, 0.2) is 18.2 Å². The Labute approximate surface area is 112 Å². The number of carboxylic acid groups (broad SMARTS) is 1. The zero-order valence-corrected chi connectivity index (χ0v) is 11.4. The third-order valence-electron chi connectivity index (χ3n) is 3.61. The first-order chi connectivity index (χ1) is 8.47. The van der Waals surface area contributed by atoms with Crippen LogP contribution < -0.4 is 0 Å². The molecule has 1 aliphatic rings. The number of carbonyl (C=O) groups is 1. The second-order valence-corrected chi connectivity index (χ2v) is 5.62. The van der Waals surface area contributed by atoms with E-state index in [9.17, 15) is 4.79 Å². The van der Waals surface area contributed by atoms with E-state index in [0.717, 1.165) is 29.2 Å². The molecule has 2 atom stereocenters. The third-order valence-corrected chi connectivity index (χ3v) is 3.96. The Morgan fingerprint density at radius 3 is 2.78 bits per heavy atom. The summed E-state index contributed by atoms with van der Waals surface area (Å²) in [5, 5.41) is 9.87. The molecule has 1 heterocycles. The van der Waals surface area contributed by atoms with Crippen molar-refractivity contribution in [3.05, 3.63) is 34.3 Å².